The quantitative estimate of drug-likeness (QED) is 0.647. The van der Waals surface area contributed by atoms with Gasteiger partial charge in [-0.3, -0.25) is 4.79 Å². The standard InChI is InChI=1S/C21H32N4O/c1-5-22-20(23-12-18-16(3)9-15(2)10-17(18)4)25-8-6-7-21(14-25)11-19(26)24-13-21/h9-10H,5-8,11-14H2,1-4H3,(H,22,23)(H,24,26). The summed E-state index contributed by atoms with van der Waals surface area (Å²) < 4.78 is 0. The molecule has 1 aromatic rings. The first-order chi connectivity index (χ1) is 12.4. The van der Waals surface area contributed by atoms with Crippen LogP contribution in [0.15, 0.2) is 17.1 Å². The summed E-state index contributed by atoms with van der Waals surface area (Å²) in [6, 6.07) is 4.47. The van der Waals surface area contributed by atoms with Crippen LogP contribution in [0.3, 0.4) is 0 Å². The molecular weight excluding hydrogens is 324 g/mol. The SMILES string of the molecule is CCNC(=NCc1c(C)cc(C)cc1C)N1CCCC2(CNC(=O)C2)C1. The van der Waals surface area contributed by atoms with Gasteiger partial charge in [0, 0.05) is 38.0 Å². The fourth-order valence-electron chi connectivity index (χ4n) is 4.47. The van der Waals surface area contributed by atoms with Crippen molar-refractivity contribution >= 4 is 11.9 Å². The van der Waals surface area contributed by atoms with Crippen LogP contribution < -0.4 is 10.6 Å². The van der Waals surface area contributed by atoms with E-state index in [4.69, 9.17) is 4.99 Å². The molecule has 0 saturated carbocycles. The van der Waals surface area contributed by atoms with E-state index in [0.717, 1.165) is 45.0 Å². The highest BCUT2D eigenvalue weighted by Crippen LogP contribution is 2.36. The molecule has 2 saturated heterocycles. The third kappa shape index (κ3) is 4.02. The molecular formula is C21H32N4O. The van der Waals surface area contributed by atoms with Crippen LogP contribution in [0.5, 0.6) is 0 Å². The Labute approximate surface area is 157 Å². The Morgan fingerprint density at radius 1 is 1.31 bits per heavy atom. The van der Waals surface area contributed by atoms with Gasteiger partial charge in [-0.15, -0.1) is 0 Å². The van der Waals surface area contributed by atoms with Gasteiger partial charge in [0.15, 0.2) is 5.96 Å². The number of likely N-dealkylation sites (tertiary alicyclic amines) is 1. The number of guanidine groups is 1. The molecule has 2 aliphatic heterocycles. The number of benzene rings is 1. The number of carbonyl (C=O) groups is 1. The highest BCUT2D eigenvalue weighted by atomic mass is 16.1. The minimum Gasteiger partial charge on any atom is -0.357 e. The van der Waals surface area contributed by atoms with Crippen molar-refractivity contribution in [1.82, 2.24) is 15.5 Å². The Balaban J connectivity index is 1.78. The Kier molecular flexibility index (Phi) is 5.54. The molecule has 1 amide bonds. The molecule has 1 aromatic carbocycles. The Hall–Kier alpha value is -2.04. The van der Waals surface area contributed by atoms with Crippen LogP contribution in [0.4, 0.5) is 0 Å². The van der Waals surface area contributed by atoms with Gasteiger partial charge in [-0.25, -0.2) is 4.99 Å². The summed E-state index contributed by atoms with van der Waals surface area (Å²) in [5, 5.41) is 6.48. The molecule has 2 N–H and O–H groups in total. The number of carbonyl (C=O) groups excluding carboxylic acids is 1. The second-order valence-corrected chi connectivity index (χ2v) is 8.03. The summed E-state index contributed by atoms with van der Waals surface area (Å²) in [6.45, 7) is 12.9. The van der Waals surface area contributed by atoms with E-state index in [-0.39, 0.29) is 11.3 Å². The first-order valence-corrected chi connectivity index (χ1v) is 9.79. The van der Waals surface area contributed by atoms with E-state index in [1.54, 1.807) is 0 Å². The Bertz CT molecular complexity index is 689. The molecule has 3 rings (SSSR count). The lowest BCUT2D eigenvalue weighted by Gasteiger charge is -2.40. The van der Waals surface area contributed by atoms with E-state index >= 15 is 0 Å². The summed E-state index contributed by atoms with van der Waals surface area (Å²) in [4.78, 5) is 19.1. The minimum absolute atomic E-state index is 0.0845. The normalized spacial score (nSPS) is 23.5. The van der Waals surface area contributed by atoms with Gasteiger partial charge < -0.3 is 15.5 Å². The second kappa shape index (κ2) is 7.68. The first-order valence-electron chi connectivity index (χ1n) is 9.79. The number of hydrogen-bond donors (Lipinski definition) is 2. The van der Waals surface area contributed by atoms with Gasteiger partial charge in [0.2, 0.25) is 5.91 Å². The van der Waals surface area contributed by atoms with Crippen molar-refractivity contribution in [2.24, 2.45) is 10.4 Å². The largest absolute Gasteiger partial charge is 0.357 e. The van der Waals surface area contributed by atoms with Crippen molar-refractivity contribution in [3.63, 3.8) is 0 Å². The smallest absolute Gasteiger partial charge is 0.220 e. The molecule has 5 heteroatoms. The lowest BCUT2D eigenvalue weighted by Crippen LogP contribution is -2.51. The van der Waals surface area contributed by atoms with Crippen LogP contribution in [0.2, 0.25) is 0 Å². The van der Waals surface area contributed by atoms with E-state index in [1.165, 1.54) is 22.3 Å². The summed E-state index contributed by atoms with van der Waals surface area (Å²) in [6.07, 6.45) is 2.89. The van der Waals surface area contributed by atoms with Crippen molar-refractivity contribution < 1.29 is 4.79 Å². The van der Waals surface area contributed by atoms with Crippen LogP contribution in [0.1, 0.15) is 48.4 Å². The van der Waals surface area contributed by atoms with E-state index in [0.29, 0.717) is 13.0 Å². The van der Waals surface area contributed by atoms with E-state index in [1.807, 2.05) is 0 Å². The molecule has 26 heavy (non-hydrogen) atoms. The summed E-state index contributed by atoms with van der Waals surface area (Å²) >= 11 is 0. The van der Waals surface area contributed by atoms with Crippen molar-refractivity contribution in [1.29, 1.82) is 0 Å². The van der Waals surface area contributed by atoms with Crippen molar-refractivity contribution in [3.8, 4) is 0 Å². The van der Waals surface area contributed by atoms with Gasteiger partial charge in [-0.05, 0) is 57.2 Å². The van der Waals surface area contributed by atoms with Crippen LogP contribution >= 0.6 is 0 Å². The molecule has 2 fully saturated rings. The summed E-state index contributed by atoms with van der Waals surface area (Å²) in [5.74, 6) is 1.17. The molecule has 0 aromatic heterocycles. The predicted molar refractivity (Wildman–Crippen MR) is 106 cm³/mol. The lowest BCUT2D eigenvalue weighted by molar-refractivity contribution is -0.119. The third-order valence-electron chi connectivity index (χ3n) is 5.72. The average molecular weight is 357 g/mol. The summed E-state index contributed by atoms with van der Waals surface area (Å²) in [7, 11) is 0. The maximum Gasteiger partial charge on any atom is 0.220 e. The van der Waals surface area contributed by atoms with Crippen molar-refractivity contribution in [2.45, 2.75) is 53.5 Å². The lowest BCUT2D eigenvalue weighted by atomic mass is 9.79. The zero-order valence-corrected chi connectivity index (χ0v) is 16.6. The number of nitrogens with one attached hydrogen (secondary N) is 2. The number of aryl methyl sites for hydroxylation is 3. The minimum atomic E-state index is 0.0845. The highest BCUT2D eigenvalue weighted by Gasteiger charge is 2.42. The number of hydrogen-bond acceptors (Lipinski definition) is 2. The maximum absolute atomic E-state index is 11.8. The Morgan fingerprint density at radius 3 is 2.65 bits per heavy atom. The number of nitrogens with zero attached hydrogens (tertiary/aromatic N) is 2. The number of amides is 1. The fourth-order valence-corrected chi connectivity index (χ4v) is 4.47. The molecule has 5 nitrogen and oxygen atoms in total. The van der Waals surface area contributed by atoms with Crippen molar-refractivity contribution in [2.75, 3.05) is 26.2 Å². The zero-order chi connectivity index (χ0) is 18.7. The van der Waals surface area contributed by atoms with Crippen LogP contribution in [0.25, 0.3) is 0 Å². The number of aliphatic imine (C=N–C) groups is 1. The topological polar surface area (TPSA) is 56.7 Å². The fraction of sp³-hybridized carbons (Fsp3) is 0.619. The second-order valence-electron chi connectivity index (χ2n) is 8.03. The van der Waals surface area contributed by atoms with Gasteiger partial charge >= 0.3 is 0 Å². The summed E-state index contributed by atoms with van der Waals surface area (Å²) in [5.41, 5.74) is 5.32. The molecule has 1 unspecified atom stereocenters. The number of piperidine rings is 1. The molecule has 1 spiro atoms. The molecule has 0 bridgehead atoms. The molecule has 1 atom stereocenters. The highest BCUT2D eigenvalue weighted by molar-refractivity contribution is 5.81. The maximum atomic E-state index is 11.8. The monoisotopic (exact) mass is 356 g/mol. The van der Waals surface area contributed by atoms with E-state index in [9.17, 15) is 4.79 Å². The van der Waals surface area contributed by atoms with Gasteiger partial charge in [-0.1, -0.05) is 17.7 Å². The van der Waals surface area contributed by atoms with Crippen LogP contribution in [0, 0.1) is 26.2 Å². The van der Waals surface area contributed by atoms with Crippen molar-refractivity contribution in [3.05, 3.63) is 34.4 Å². The average Bonchev–Trinajstić information content (AvgIpc) is 2.93. The van der Waals surface area contributed by atoms with Gasteiger partial charge in [0.05, 0.1) is 6.54 Å². The van der Waals surface area contributed by atoms with Gasteiger partial charge in [0.25, 0.3) is 0 Å². The predicted octanol–water partition coefficient (Wildman–Crippen LogP) is 2.68. The van der Waals surface area contributed by atoms with E-state index in [2.05, 4.69) is 55.4 Å². The third-order valence-corrected chi connectivity index (χ3v) is 5.72. The zero-order valence-electron chi connectivity index (χ0n) is 16.6. The molecule has 0 radical (unpaired) electrons. The van der Waals surface area contributed by atoms with Gasteiger partial charge in [0.1, 0.15) is 0 Å². The van der Waals surface area contributed by atoms with E-state index < -0.39 is 0 Å². The molecule has 2 aliphatic rings. The Morgan fingerprint density at radius 2 is 2.04 bits per heavy atom. The molecule has 142 valence electrons. The number of rotatable bonds is 3. The van der Waals surface area contributed by atoms with Crippen LogP contribution in [-0.4, -0.2) is 42.9 Å². The molecule has 0 aliphatic carbocycles. The first kappa shape index (κ1) is 18.7. The van der Waals surface area contributed by atoms with Gasteiger partial charge in [-0.2, -0.15) is 0 Å². The molecule has 2 heterocycles. The van der Waals surface area contributed by atoms with Crippen LogP contribution in [-0.2, 0) is 11.3 Å².